The Kier molecular flexibility index (Phi) is 3.98. The van der Waals surface area contributed by atoms with Crippen LogP contribution in [0.25, 0.3) is 0 Å². The van der Waals surface area contributed by atoms with Gasteiger partial charge in [0.1, 0.15) is 5.82 Å². The maximum atomic E-state index is 13.1. The molecule has 0 aliphatic carbocycles. The maximum Gasteiger partial charge on any atom is 0.155 e. The molecule has 0 unspecified atom stereocenters. The van der Waals surface area contributed by atoms with Crippen LogP contribution in [-0.4, -0.2) is 12.5 Å². The fourth-order valence-corrected chi connectivity index (χ4v) is 1.05. The van der Waals surface area contributed by atoms with Crippen molar-refractivity contribution in [3.8, 4) is 0 Å². The second-order valence-corrected chi connectivity index (χ2v) is 2.89. The van der Waals surface area contributed by atoms with Gasteiger partial charge in [-0.25, -0.2) is 4.39 Å². The van der Waals surface area contributed by atoms with Crippen molar-refractivity contribution in [2.24, 2.45) is 4.99 Å². The molecule has 0 saturated heterocycles. The lowest BCUT2D eigenvalue weighted by Gasteiger charge is -1.98. The third kappa shape index (κ3) is 2.49. The SMILES string of the molecule is CCCC=Nc1cccc(F)c1C=O. The van der Waals surface area contributed by atoms with Gasteiger partial charge in [-0.3, -0.25) is 9.79 Å². The van der Waals surface area contributed by atoms with Crippen LogP contribution in [0.15, 0.2) is 23.2 Å². The van der Waals surface area contributed by atoms with E-state index in [1.54, 1.807) is 18.3 Å². The minimum Gasteiger partial charge on any atom is -0.298 e. The van der Waals surface area contributed by atoms with Crippen LogP contribution in [0, 0.1) is 5.82 Å². The first-order valence-corrected chi connectivity index (χ1v) is 4.55. The summed E-state index contributed by atoms with van der Waals surface area (Å²) in [6, 6.07) is 4.42. The lowest BCUT2D eigenvalue weighted by molar-refractivity contribution is 0.112. The zero-order valence-corrected chi connectivity index (χ0v) is 8.03. The Hall–Kier alpha value is -1.51. The van der Waals surface area contributed by atoms with E-state index in [1.165, 1.54) is 6.07 Å². The van der Waals surface area contributed by atoms with Crippen molar-refractivity contribution in [2.75, 3.05) is 0 Å². The monoisotopic (exact) mass is 193 g/mol. The number of rotatable bonds is 4. The van der Waals surface area contributed by atoms with Gasteiger partial charge in [0.25, 0.3) is 0 Å². The number of aldehydes is 1. The summed E-state index contributed by atoms with van der Waals surface area (Å²) in [5, 5.41) is 0. The summed E-state index contributed by atoms with van der Waals surface area (Å²) in [6.07, 6.45) is 4.00. The molecule has 0 aliphatic heterocycles. The molecular weight excluding hydrogens is 181 g/mol. The highest BCUT2D eigenvalue weighted by atomic mass is 19.1. The normalized spacial score (nSPS) is 10.7. The quantitative estimate of drug-likeness (QED) is 0.533. The van der Waals surface area contributed by atoms with Gasteiger partial charge in [-0.05, 0) is 18.6 Å². The van der Waals surface area contributed by atoms with E-state index >= 15 is 0 Å². The number of unbranched alkanes of at least 4 members (excludes halogenated alkanes) is 1. The molecule has 1 aromatic carbocycles. The zero-order valence-electron chi connectivity index (χ0n) is 8.03. The van der Waals surface area contributed by atoms with Crippen LogP contribution in [0.4, 0.5) is 10.1 Å². The Balaban J connectivity index is 2.96. The molecule has 2 nitrogen and oxygen atoms in total. The molecule has 0 atom stereocenters. The molecule has 0 saturated carbocycles. The fraction of sp³-hybridized carbons (Fsp3) is 0.273. The standard InChI is InChI=1S/C11H12FNO/c1-2-3-7-13-11-6-4-5-10(12)9(11)8-14/h4-8H,2-3H2,1H3. The smallest absolute Gasteiger partial charge is 0.155 e. The first-order chi connectivity index (χ1) is 6.79. The lowest BCUT2D eigenvalue weighted by Crippen LogP contribution is -1.87. The van der Waals surface area contributed by atoms with Crippen molar-refractivity contribution >= 4 is 18.2 Å². The van der Waals surface area contributed by atoms with Gasteiger partial charge >= 0.3 is 0 Å². The van der Waals surface area contributed by atoms with Crippen LogP contribution in [0.1, 0.15) is 30.1 Å². The molecule has 0 amide bonds. The minimum atomic E-state index is -0.522. The molecule has 0 aliphatic rings. The van der Waals surface area contributed by atoms with Crippen LogP contribution in [-0.2, 0) is 0 Å². The first kappa shape index (κ1) is 10.6. The number of hydrogen-bond donors (Lipinski definition) is 0. The molecule has 0 fully saturated rings. The van der Waals surface area contributed by atoms with Crippen molar-refractivity contribution in [3.63, 3.8) is 0 Å². The summed E-state index contributed by atoms with van der Waals surface area (Å²) in [7, 11) is 0. The summed E-state index contributed by atoms with van der Waals surface area (Å²) < 4.78 is 13.1. The summed E-state index contributed by atoms with van der Waals surface area (Å²) in [5.74, 6) is -0.522. The van der Waals surface area contributed by atoms with Crippen molar-refractivity contribution in [2.45, 2.75) is 19.8 Å². The van der Waals surface area contributed by atoms with Crippen molar-refractivity contribution in [1.29, 1.82) is 0 Å². The van der Waals surface area contributed by atoms with Crippen LogP contribution in [0.3, 0.4) is 0 Å². The van der Waals surface area contributed by atoms with Gasteiger partial charge in [-0.15, -0.1) is 0 Å². The molecule has 0 aromatic heterocycles. The van der Waals surface area contributed by atoms with E-state index < -0.39 is 5.82 Å². The van der Waals surface area contributed by atoms with E-state index in [1.807, 2.05) is 6.92 Å². The summed E-state index contributed by atoms with van der Waals surface area (Å²) in [4.78, 5) is 14.6. The number of aliphatic imine (C=N–C) groups is 1. The Labute approximate surface area is 82.5 Å². The van der Waals surface area contributed by atoms with Gasteiger partial charge < -0.3 is 0 Å². The lowest BCUT2D eigenvalue weighted by atomic mass is 10.2. The average molecular weight is 193 g/mol. The van der Waals surface area contributed by atoms with Gasteiger partial charge in [-0.2, -0.15) is 0 Å². The number of halogens is 1. The van der Waals surface area contributed by atoms with Gasteiger partial charge in [0.15, 0.2) is 6.29 Å². The van der Waals surface area contributed by atoms with Crippen molar-refractivity contribution in [3.05, 3.63) is 29.6 Å². The topological polar surface area (TPSA) is 29.4 Å². The van der Waals surface area contributed by atoms with E-state index in [0.29, 0.717) is 12.0 Å². The molecule has 1 aromatic rings. The Morgan fingerprint density at radius 2 is 2.29 bits per heavy atom. The molecule has 0 radical (unpaired) electrons. The largest absolute Gasteiger partial charge is 0.298 e. The third-order valence-corrected chi connectivity index (χ3v) is 1.80. The first-order valence-electron chi connectivity index (χ1n) is 4.55. The number of carbonyl (C=O) groups excluding carboxylic acids is 1. The summed E-state index contributed by atoms with van der Waals surface area (Å²) in [6.45, 7) is 2.03. The van der Waals surface area contributed by atoms with Gasteiger partial charge in [0.05, 0.1) is 11.3 Å². The Morgan fingerprint density at radius 3 is 2.93 bits per heavy atom. The second kappa shape index (κ2) is 5.27. The fourth-order valence-electron chi connectivity index (χ4n) is 1.05. The minimum absolute atomic E-state index is 0.0276. The van der Waals surface area contributed by atoms with Gasteiger partial charge in [0.2, 0.25) is 0 Å². The predicted octanol–water partition coefficient (Wildman–Crippen LogP) is 3.14. The van der Waals surface area contributed by atoms with Crippen LogP contribution in [0.5, 0.6) is 0 Å². The molecule has 74 valence electrons. The Morgan fingerprint density at radius 1 is 1.50 bits per heavy atom. The molecule has 0 heterocycles. The maximum absolute atomic E-state index is 13.1. The Bertz CT molecular complexity index is 347. The highest BCUT2D eigenvalue weighted by Gasteiger charge is 2.04. The molecule has 3 heteroatoms. The van der Waals surface area contributed by atoms with Crippen molar-refractivity contribution in [1.82, 2.24) is 0 Å². The molecule has 0 bridgehead atoms. The summed E-state index contributed by atoms with van der Waals surface area (Å²) >= 11 is 0. The van der Waals surface area contributed by atoms with E-state index in [0.717, 1.165) is 12.8 Å². The predicted molar refractivity (Wildman–Crippen MR) is 54.8 cm³/mol. The van der Waals surface area contributed by atoms with Gasteiger partial charge in [0, 0.05) is 6.21 Å². The van der Waals surface area contributed by atoms with E-state index in [2.05, 4.69) is 4.99 Å². The van der Waals surface area contributed by atoms with Crippen LogP contribution in [0.2, 0.25) is 0 Å². The zero-order chi connectivity index (χ0) is 10.4. The molecule has 0 N–H and O–H groups in total. The number of carbonyl (C=O) groups is 1. The van der Waals surface area contributed by atoms with E-state index in [-0.39, 0.29) is 5.56 Å². The van der Waals surface area contributed by atoms with Crippen LogP contribution >= 0.6 is 0 Å². The van der Waals surface area contributed by atoms with E-state index in [4.69, 9.17) is 0 Å². The third-order valence-electron chi connectivity index (χ3n) is 1.80. The van der Waals surface area contributed by atoms with Crippen molar-refractivity contribution < 1.29 is 9.18 Å². The highest BCUT2D eigenvalue weighted by Crippen LogP contribution is 2.19. The molecule has 14 heavy (non-hydrogen) atoms. The molecular formula is C11H12FNO. The number of hydrogen-bond acceptors (Lipinski definition) is 2. The number of nitrogens with zero attached hydrogens (tertiary/aromatic N) is 1. The van der Waals surface area contributed by atoms with Gasteiger partial charge in [-0.1, -0.05) is 19.4 Å². The average Bonchev–Trinajstić information content (AvgIpc) is 2.18. The summed E-state index contributed by atoms with van der Waals surface area (Å²) in [5.41, 5.74) is 0.424. The van der Waals surface area contributed by atoms with E-state index in [9.17, 15) is 9.18 Å². The highest BCUT2D eigenvalue weighted by molar-refractivity contribution is 5.84. The molecule has 1 rings (SSSR count). The molecule has 0 spiro atoms. The van der Waals surface area contributed by atoms with Crippen LogP contribution < -0.4 is 0 Å². The number of benzene rings is 1. The second-order valence-electron chi connectivity index (χ2n) is 2.89.